The van der Waals surface area contributed by atoms with Gasteiger partial charge in [0.15, 0.2) is 0 Å². The van der Waals surface area contributed by atoms with Gasteiger partial charge in [-0.15, -0.1) is 0 Å². The topological polar surface area (TPSA) is 66.7 Å². The van der Waals surface area contributed by atoms with E-state index in [9.17, 15) is 9.59 Å². The Bertz CT molecular complexity index is 395. The maximum atomic E-state index is 10.4. The number of hydrogen-bond donors (Lipinski definition) is 1. The smallest absolute Gasteiger partial charge is 0.303 e. The number of carboxylic acids is 1. The summed E-state index contributed by atoms with van der Waals surface area (Å²) >= 11 is 0. The van der Waals surface area contributed by atoms with E-state index in [1.807, 2.05) is 0 Å². The average Bonchev–Trinajstić information content (AvgIpc) is 2.76. The zero-order valence-corrected chi connectivity index (χ0v) is 20.4. The molecule has 4 nitrogen and oxygen atoms in total. The Morgan fingerprint density at radius 3 is 1.00 bits per heavy atom. The molecule has 0 saturated carbocycles. The fourth-order valence-electron chi connectivity index (χ4n) is 4.23. The third kappa shape index (κ3) is 28.9. The van der Waals surface area contributed by atoms with Crippen molar-refractivity contribution < 1.29 is 14.7 Å². The van der Waals surface area contributed by atoms with Crippen LogP contribution in [0.2, 0.25) is 0 Å². The van der Waals surface area contributed by atoms with Gasteiger partial charge in [0.1, 0.15) is 0 Å². The van der Waals surface area contributed by atoms with Crippen LogP contribution in [-0.4, -0.2) is 23.7 Å². The summed E-state index contributed by atoms with van der Waals surface area (Å²) in [6, 6.07) is 0. The number of nitrogens with zero attached hydrogens (tertiary/aromatic N) is 1. The van der Waals surface area contributed by atoms with Gasteiger partial charge in [0.25, 0.3) is 0 Å². The summed E-state index contributed by atoms with van der Waals surface area (Å²) in [5.74, 6) is -0.658. The number of rotatable bonds is 26. The Labute approximate surface area is 192 Å². The molecule has 0 unspecified atom stereocenters. The summed E-state index contributed by atoms with van der Waals surface area (Å²) < 4.78 is 0. The van der Waals surface area contributed by atoms with Crippen LogP contribution in [0.1, 0.15) is 154 Å². The lowest BCUT2D eigenvalue weighted by molar-refractivity contribution is -0.137. The first-order valence-electron chi connectivity index (χ1n) is 13.5. The summed E-state index contributed by atoms with van der Waals surface area (Å²) in [6.07, 6.45) is 32.1. The van der Waals surface area contributed by atoms with Crippen LogP contribution < -0.4 is 0 Å². The van der Waals surface area contributed by atoms with E-state index in [4.69, 9.17) is 5.11 Å². The lowest BCUT2D eigenvalue weighted by atomic mass is 10.0. The minimum absolute atomic E-state index is 0.337. The summed E-state index contributed by atoms with van der Waals surface area (Å²) in [4.78, 5) is 24.0. The zero-order valence-electron chi connectivity index (χ0n) is 20.4. The van der Waals surface area contributed by atoms with Gasteiger partial charge in [-0.25, -0.2) is 9.79 Å². The van der Waals surface area contributed by atoms with Crippen molar-refractivity contribution in [1.82, 2.24) is 0 Å². The van der Waals surface area contributed by atoms with Crippen LogP contribution in [0.25, 0.3) is 0 Å². The summed E-state index contributed by atoms with van der Waals surface area (Å²) in [6.45, 7) is 0.656. The Morgan fingerprint density at radius 1 is 0.484 bits per heavy atom. The minimum atomic E-state index is -0.658. The van der Waals surface area contributed by atoms with Crippen molar-refractivity contribution in [1.29, 1.82) is 0 Å². The molecule has 0 saturated heterocycles. The number of unbranched alkanes of at least 4 members (excludes halogenated alkanes) is 22. The van der Waals surface area contributed by atoms with E-state index in [0.717, 1.165) is 19.3 Å². The number of carbonyl (C=O) groups excluding carboxylic acids is 1. The Kier molecular flexibility index (Phi) is 25.9. The van der Waals surface area contributed by atoms with E-state index in [1.54, 1.807) is 6.08 Å². The number of aliphatic imine (C=N–C) groups is 1. The van der Waals surface area contributed by atoms with E-state index < -0.39 is 5.97 Å². The van der Waals surface area contributed by atoms with Crippen molar-refractivity contribution in [3.8, 4) is 0 Å². The highest BCUT2D eigenvalue weighted by Gasteiger charge is 1.97. The number of carbonyl (C=O) groups is 1. The lowest BCUT2D eigenvalue weighted by Crippen LogP contribution is -1.93. The summed E-state index contributed by atoms with van der Waals surface area (Å²) in [7, 11) is 0. The summed E-state index contributed by atoms with van der Waals surface area (Å²) in [5.41, 5.74) is 0. The molecule has 0 aromatic rings. The van der Waals surface area contributed by atoms with Crippen LogP contribution in [-0.2, 0) is 9.59 Å². The molecule has 4 heteroatoms. The first-order valence-corrected chi connectivity index (χ1v) is 13.5. The quantitative estimate of drug-likeness (QED) is 0.0835. The van der Waals surface area contributed by atoms with Crippen LogP contribution in [0.5, 0.6) is 0 Å². The largest absolute Gasteiger partial charge is 0.481 e. The van der Waals surface area contributed by atoms with Crippen molar-refractivity contribution >= 4 is 12.0 Å². The number of hydrogen-bond acceptors (Lipinski definition) is 3. The van der Waals surface area contributed by atoms with Gasteiger partial charge in [0.05, 0.1) is 6.54 Å². The van der Waals surface area contributed by atoms with Crippen LogP contribution in [0.3, 0.4) is 0 Å². The molecule has 0 aromatic carbocycles. The molecule has 0 aromatic heterocycles. The highest BCUT2D eigenvalue weighted by molar-refractivity contribution is 5.66. The van der Waals surface area contributed by atoms with Crippen LogP contribution >= 0.6 is 0 Å². The third-order valence-corrected chi connectivity index (χ3v) is 6.23. The fraction of sp³-hybridized carbons (Fsp3) is 0.926. The molecule has 0 spiro atoms. The zero-order chi connectivity index (χ0) is 22.7. The van der Waals surface area contributed by atoms with Gasteiger partial charge in [-0.2, -0.15) is 0 Å². The molecule has 0 radical (unpaired) electrons. The van der Waals surface area contributed by atoms with Gasteiger partial charge < -0.3 is 5.11 Å². The van der Waals surface area contributed by atoms with Crippen LogP contribution in [0.4, 0.5) is 0 Å². The molecule has 0 bridgehead atoms. The highest BCUT2D eigenvalue weighted by Crippen LogP contribution is 2.15. The maximum Gasteiger partial charge on any atom is 0.303 e. The van der Waals surface area contributed by atoms with E-state index in [2.05, 4.69) is 4.99 Å². The molecule has 0 aliphatic carbocycles. The van der Waals surface area contributed by atoms with Crippen molar-refractivity contribution in [3.63, 3.8) is 0 Å². The molecule has 1 N–H and O–H groups in total. The van der Waals surface area contributed by atoms with Crippen molar-refractivity contribution in [2.75, 3.05) is 6.54 Å². The van der Waals surface area contributed by atoms with Gasteiger partial charge >= 0.3 is 5.97 Å². The average molecular weight is 438 g/mol. The Morgan fingerprint density at radius 2 is 0.742 bits per heavy atom. The second-order valence-electron chi connectivity index (χ2n) is 9.25. The highest BCUT2D eigenvalue weighted by atomic mass is 16.4. The van der Waals surface area contributed by atoms with Gasteiger partial charge in [0, 0.05) is 6.42 Å². The number of isocyanates is 1. The van der Waals surface area contributed by atoms with E-state index in [-0.39, 0.29) is 0 Å². The van der Waals surface area contributed by atoms with Gasteiger partial charge in [-0.1, -0.05) is 135 Å². The van der Waals surface area contributed by atoms with Crippen LogP contribution in [0, 0.1) is 0 Å². The van der Waals surface area contributed by atoms with Crippen molar-refractivity contribution in [2.45, 2.75) is 154 Å². The Hall–Kier alpha value is -1.15. The van der Waals surface area contributed by atoms with Gasteiger partial charge in [-0.3, -0.25) is 4.79 Å². The minimum Gasteiger partial charge on any atom is -0.481 e. The Balaban J connectivity index is 3.02. The first kappa shape index (κ1) is 29.9. The first-order chi connectivity index (χ1) is 15.3. The molecule has 0 heterocycles. The fourth-order valence-corrected chi connectivity index (χ4v) is 4.23. The molecule has 0 atom stereocenters. The van der Waals surface area contributed by atoms with E-state index >= 15 is 0 Å². The third-order valence-electron chi connectivity index (χ3n) is 6.23. The normalized spacial score (nSPS) is 10.8. The van der Waals surface area contributed by atoms with Crippen molar-refractivity contribution in [3.05, 3.63) is 0 Å². The predicted octanol–water partition coefficient (Wildman–Crippen LogP) is 8.77. The molecule has 0 aliphatic heterocycles. The molecule has 0 rings (SSSR count). The van der Waals surface area contributed by atoms with Crippen molar-refractivity contribution in [2.24, 2.45) is 4.99 Å². The SMILES string of the molecule is O=C=NCCCCCCCCCCCCCCCCCCCCCCCCCC(=O)O. The van der Waals surface area contributed by atoms with E-state index in [0.29, 0.717) is 13.0 Å². The molecule has 0 amide bonds. The molecular weight excluding hydrogens is 386 g/mol. The molecule has 31 heavy (non-hydrogen) atoms. The molecule has 182 valence electrons. The maximum absolute atomic E-state index is 10.4. The number of aliphatic carboxylic acids is 1. The molecule has 0 aliphatic rings. The summed E-state index contributed by atoms with van der Waals surface area (Å²) in [5, 5.41) is 8.59. The monoisotopic (exact) mass is 437 g/mol. The van der Waals surface area contributed by atoms with Crippen LogP contribution in [0.15, 0.2) is 4.99 Å². The lowest BCUT2D eigenvalue weighted by Gasteiger charge is -2.04. The molecule has 0 fully saturated rings. The second-order valence-corrected chi connectivity index (χ2v) is 9.25. The van der Waals surface area contributed by atoms with E-state index in [1.165, 1.54) is 128 Å². The van der Waals surface area contributed by atoms with Gasteiger partial charge in [-0.05, 0) is 12.8 Å². The molecular formula is C27H51NO3. The van der Waals surface area contributed by atoms with Gasteiger partial charge in [0.2, 0.25) is 6.08 Å². The predicted molar refractivity (Wildman–Crippen MR) is 131 cm³/mol. The second kappa shape index (κ2) is 26.9. The number of carboxylic acid groups (broad SMARTS) is 1. The standard InChI is InChI=1S/C27H51NO3/c29-26-28-25-23-21-19-17-15-13-11-9-7-5-3-1-2-4-6-8-10-12-14-16-18-20-22-24-27(30)31/h1-25H2,(H,30,31).